The minimum absolute atomic E-state index is 0.250. The van der Waals surface area contributed by atoms with Gasteiger partial charge in [0.2, 0.25) is 0 Å². The molecule has 0 aliphatic heterocycles. The Balaban J connectivity index is 1.91. The van der Waals surface area contributed by atoms with Gasteiger partial charge in [-0.1, -0.05) is 12.7 Å². The fraction of sp³-hybridized carbons (Fsp3) is 0.0556. The van der Waals surface area contributed by atoms with E-state index in [2.05, 4.69) is 17.0 Å². The molecule has 2 amide bonds. The maximum absolute atomic E-state index is 11.8. The molecule has 2 aromatic carbocycles. The van der Waals surface area contributed by atoms with Crippen molar-refractivity contribution in [3.05, 3.63) is 70.8 Å². The Bertz CT molecular complexity index is 924. The monoisotopic (exact) mass is 384 g/mol. The Hall–Kier alpha value is -4.21. The van der Waals surface area contributed by atoms with Gasteiger partial charge >= 0.3 is 17.5 Å². The molecular formula is C18H16N4O6. The van der Waals surface area contributed by atoms with E-state index in [9.17, 15) is 24.8 Å². The van der Waals surface area contributed by atoms with E-state index in [0.717, 1.165) is 18.3 Å². The highest BCUT2D eigenvalue weighted by atomic mass is 16.6. The number of phenols is 1. The molecule has 0 heterocycles. The Labute approximate surface area is 159 Å². The third-order valence-corrected chi connectivity index (χ3v) is 3.26. The van der Waals surface area contributed by atoms with Gasteiger partial charge in [-0.15, -0.1) is 0 Å². The minimum atomic E-state index is -1.03. The van der Waals surface area contributed by atoms with Gasteiger partial charge in [0.15, 0.2) is 5.75 Å². The molecule has 144 valence electrons. The van der Waals surface area contributed by atoms with Crippen molar-refractivity contribution in [3.8, 4) is 11.5 Å². The van der Waals surface area contributed by atoms with Crippen molar-refractivity contribution in [2.75, 3.05) is 11.9 Å². The van der Waals surface area contributed by atoms with Gasteiger partial charge in [-0.3, -0.25) is 19.7 Å². The average Bonchev–Trinajstić information content (AvgIpc) is 2.68. The molecule has 2 rings (SSSR count). The summed E-state index contributed by atoms with van der Waals surface area (Å²) in [6.07, 6.45) is 2.69. The number of nitro benzene ring substituents is 1. The number of ether oxygens (including phenoxy) is 1. The number of benzene rings is 2. The second kappa shape index (κ2) is 9.48. The van der Waals surface area contributed by atoms with Crippen molar-refractivity contribution in [1.82, 2.24) is 5.43 Å². The van der Waals surface area contributed by atoms with E-state index in [1.807, 2.05) is 5.43 Å². The summed E-state index contributed by atoms with van der Waals surface area (Å²) in [4.78, 5) is 33.6. The van der Waals surface area contributed by atoms with Gasteiger partial charge < -0.3 is 15.2 Å². The van der Waals surface area contributed by atoms with Crippen molar-refractivity contribution in [2.24, 2.45) is 5.10 Å². The van der Waals surface area contributed by atoms with Gasteiger partial charge in [0.05, 0.1) is 11.1 Å². The molecule has 28 heavy (non-hydrogen) atoms. The number of carbonyl (C=O) groups is 2. The second-order valence-electron chi connectivity index (χ2n) is 5.28. The molecule has 2 aromatic rings. The van der Waals surface area contributed by atoms with Gasteiger partial charge in [-0.2, -0.15) is 5.10 Å². The standard InChI is InChI=1S/C18H16N4O6/c1-2-9-28-14-6-4-13(5-7-14)20-17(24)18(25)21-19-11-12-3-8-16(23)15(10-12)22(26)27/h2-8,10-11,23H,1,9H2,(H,20,24)(H,21,25)/b19-11+. The molecule has 0 aliphatic rings. The highest BCUT2D eigenvalue weighted by molar-refractivity contribution is 6.39. The first-order valence-electron chi connectivity index (χ1n) is 7.86. The average molecular weight is 384 g/mol. The summed E-state index contributed by atoms with van der Waals surface area (Å²) in [5.74, 6) is -1.90. The molecule has 0 saturated heterocycles. The summed E-state index contributed by atoms with van der Waals surface area (Å²) in [6.45, 7) is 3.88. The number of nitrogens with one attached hydrogen (secondary N) is 2. The molecule has 10 nitrogen and oxygen atoms in total. The van der Waals surface area contributed by atoms with Crippen LogP contribution in [0.4, 0.5) is 11.4 Å². The molecule has 0 saturated carbocycles. The number of carbonyl (C=O) groups excluding carboxylic acids is 2. The van der Waals surface area contributed by atoms with Crippen LogP contribution in [0.1, 0.15) is 5.56 Å². The van der Waals surface area contributed by atoms with Gasteiger partial charge in [-0.25, -0.2) is 5.43 Å². The molecule has 0 bridgehead atoms. The van der Waals surface area contributed by atoms with Crippen LogP contribution in [0.2, 0.25) is 0 Å². The predicted molar refractivity (Wildman–Crippen MR) is 101 cm³/mol. The first-order chi connectivity index (χ1) is 13.4. The lowest BCUT2D eigenvalue weighted by Crippen LogP contribution is -2.32. The van der Waals surface area contributed by atoms with Crippen molar-refractivity contribution in [1.29, 1.82) is 0 Å². The fourth-order valence-electron chi connectivity index (χ4n) is 1.96. The number of aromatic hydroxyl groups is 1. The number of phenolic OH excluding ortho intramolecular Hbond substituents is 1. The van der Waals surface area contributed by atoms with Crippen molar-refractivity contribution in [2.45, 2.75) is 0 Å². The second-order valence-corrected chi connectivity index (χ2v) is 5.28. The molecule has 10 heteroatoms. The van der Waals surface area contributed by atoms with Crippen molar-refractivity contribution in [3.63, 3.8) is 0 Å². The van der Waals surface area contributed by atoms with Gasteiger partial charge in [0.25, 0.3) is 0 Å². The third kappa shape index (κ3) is 5.66. The van der Waals surface area contributed by atoms with Crippen LogP contribution < -0.4 is 15.5 Å². The van der Waals surface area contributed by atoms with E-state index in [1.165, 1.54) is 6.07 Å². The Morgan fingerprint density at radius 1 is 1.21 bits per heavy atom. The third-order valence-electron chi connectivity index (χ3n) is 3.26. The largest absolute Gasteiger partial charge is 0.502 e. The summed E-state index contributed by atoms with van der Waals surface area (Å²) in [5, 5.41) is 26.1. The van der Waals surface area contributed by atoms with Crippen molar-refractivity contribution >= 4 is 29.4 Å². The zero-order chi connectivity index (χ0) is 20.5. The summed E-state index contributed by atoms with van der Waals surface area (Å²) in [5.41, 5.74) is 2.13. The zero-order valence-corrected chi connectivity index (χ0v) is 14.5. The highest BCUT2D eigenvalue weighted by Crippen LogP contribution is 2.25. The number of hydrogen-bond acceptors (Lipinski definition) is 7. The number of nitrogens with zero attached hydrogens (tertiary/aromatic N) is 2. The molecule has 0 spiro atoms. The van der Waals surface area contributed by atoms with Crippen LogP contribution in [0.15, 0.2) is 60.2 Å². The van der Waals surface area contributed by atoms with E-state index in [-0.39, 0.29) is 5.56 Å². The lowest BCUT2D eigenvalue weighted by molar-refractivity contribution is -0.385. The van der Waals surface area contributed by atoms with Crippen LogP contribution in [0, 0.1) is 10.1 Å². The van der Waals surface area contributed by atoms with Crippen LogP contribution >= 0.6 is 0 Å². The lowest BCUT2D eigenvalue weighted by atomic mass is 10.2. The van der Waals surface area contributed by atoms with E-state index < -0.39 is 28.2 Å². The van der Waals surface area contributed by atoms with E-state index >= 15 is 0 Å². The Morgan fingerprint density at radius 3 is 2.57 bits per heavy atom. The summed E-state index contributed by atoms with van der Waals surface area (Å²) >= 11 is 0. The number of nitro groups is 1. The smallest absolute Gasteiger partial charge is 0.329 e. The number of amides is 2. The number of rotatable bonds is 7. The first kappa shape index (κ1) is 20.1. The molecule has 0 radical (unpaired) electrons. The number of hydrogen-bond donors (Lipinski definition) is 3. The van der Waals surface area contributed by atoms with Gasteiger partial charge in [-0.05, 0) is 36.4 Å². The lowest BCUT2D eigenvalue weighted by Gasteiger charge is -2.06. The predicted octanol–water partition coefficient (Wildman–Crippen LogP) is 1.95. The maximum atomic E-state index is 11.8. The summed E-state index contributed by atoms with van der Waals surface area (Å²) < 4.78 is 5.30. The van der Waals surface area contributed by atoms with E-state index in [4.69, 9.17) is 4.74 Å². The SMILES string of the molecule is C=CCOc1ccc(NC(=O)C(=O)N/N=C/c2ccc(O)c([N+](=O)[O-])c2)cc1. The number of hydrazone groups is 1. The normalized spacial score (nSPS) is 10.3. The van der Waals surface area contributed by atoms with Crippen LogP contribution in [0.25, 0.3) is 0 Å². The first-order valence-corrected chi connectivity index (χ1v) is 7.86. The van der Waals surface area contributed by atoms with Crippen LogP contribution in [-0.2, 0) is 9.59 Å². The van der Waals surface area contributed by atoms with E-state index in [0.29, 0.717) is 18.0 Å². The molecule has 3 N–H and O–H groups in total. The quantitative estimate of drug-likeness (QED) is 0.219. The summed E-state index contributed by atoms with van der Waals surface area (Å²) in [7, 11) is 0. The van der Waals surface area contributed by atoms with Gasteiger partial charge in [0, 0.05) is 17.3 Å². The molecule has 0 atom stereocenters. The molecule has 0 aromatic heterocycles. The zero-order valence-electron chi connectivity index (χ0n) is 14.5. The topological polar surface area (TPSA) is 143 Å². The fourth-order valence-corrected chi connectivity index (χ4v) is 1.96. The highest BCUT2D eigenvalue weighted by Gasteiger charge is 2.14. The maximum Gasteiger partial charge on any atom is 0.329 e. The van der Waals surface area contributed by atoms with E-state index in [1.54, 1.807) is 30.3 Å². The molecule has 0 aliphatic carbocycles. The Morgan fingerprint density at radius 2 is 1.93 bits per heavy atom. The summed E-state index contributed by atoms with van der Waals surface area (Å²) in [6, 6.07) is 9.90. The van der Waals surface area contributed by atoms with Gasteiger partial charge in [0.1, 0.15) is 12.4 Å². The number of anilines is 1. The molecule has 0 fully saturated rings. The van der Waals surface area contributed by atoms with Crippen LogP contribution in [-0.4, -0.2) is 34.7 Å². The molecular weight excluding hydrogens is 368 g/mol. The minimum Gasteiger partial charge on any atom is -0.502 e. The van der Waals surface area contributed by atoms with Crippen LogP contribution in [0.3, 0.4) is 0 Å². The van der Waals surface area contributed by atoms with Crippen molar-refractivity contribution < 1.29 is 24.4 Å². The van der Waals surface area contributed by atoms with Crippen LogP contribution in [0.5, 0.6) is 11.5 Å². The Kier molecular flexibility index (Phi) is 6.81. The molecule has 0 unspecified atom stereocenters.